The van der Waals surface area contributed by atoms with Gasteiger partial charge in [0.15, 0.2) is 7.14 Å². The van der Waals surface area contributed by atoms with Crippen molar-refractivity contribution >= 4 is 44.6 Å². The van der Waals surface area contributed by atoms with E-state index in [0.29, 0.717) is 0 Å². The van der Waals surface area contributed by atoms with E-state index in [1.54, 1.807) is 0 Å². The second kappa shape index (κ2) is 8.69. The van der Waals surface area contributed by atoms with E-state index in [0.717, 1.165) is 21.5 Å². The lowest BCUT2D eigenvalue weighted by atomic mass is 9.89. The van der Waals surface area contributed by atoms with Gasteiger partial charge in [-0.05, 0) is 51.2 Å². The third kappa shape index (κ3) is 3.52. The zero-order valence-electron chi connectivity index (χ0n) is 19.6. The summed E-state index contributed by atoms with van der Waals surface area (Å²) < 4.78 is 15.0. The minimum atomic E-state index is -3.05. The Hall–Kier alpha value is -3.93. The first-order chi connectivity index (χ1) is 17.2. The van der Waals surface area contributed by atoms with E-state index >= 15 is 0 Å². The second-order valence-electron chi connectivity index (χ2n) is 8.92. The van der Waals surface area contributed by atoms with Crippen LogP contribution in [0.1, 0.15) is 5.56 Å². The van der Waals surface area contributed by atoms with Crippen LogP contribution in [0, 0.1) is 6.92 Å². The normalized spacial score (nSPS) is 11.7. The molecule has 0 radical (unpaired) electrons. The number of benzene rings is 6. The largest absolute Gasteiger partial charge is 0.309 e. The van der Waals surface area contributed by atoms with Gasteiger partial charge in [0, 0.05) is 15.9 Å². The van der Waals surface area contributed by atoms with Crippen LogP contribution >= 0.6 is 7.14 Å². The van der Waals surface area contributed by atoms with Crippen molar-refractivity contribution in [1.29, 1.82) is 0 Å². The number of fused-ring (bicyclic) bond motifs is 2. The molecule has 0 atom stereocenters. The summed E-state index contributed by atoms with van der Waals surface area (Å²) >= 11 is 0. The maximum absolute atomic E-state index is 15.0. The lowest BCUT2D eigenvalue weighted by molar-refractivity contribution is 0.592. The van der Waals surface area contributed by atoms with Gasteiger partial charge in [-0.2, -0.15) is 0 Å². The SMILES string of the molecule is Cc1c2ccccc2c(-c2cccc(P(=O)(c3ccccc3)c3ccccc3)c2)c2ccccc12. The maximum Gasteiger partial charge on any atom is 0.171 e. The average molecular weight is 469 g/mol. The van der Waals surface area contributed by atoms with E-state index in [9.17, 15) is 4.57 Å². The molecular weight excluding hydrogens is 443 g/mol. The molecule has 0 aliphatic heterocycles. The van der Waals surface area contributed by atoms with Crippen LogP contribution in [-0.2, 0) is 4.57 Å². The fourth-order valence-corrected chi connectivity index (χ4v) is 7.93. The van der Waals surface area contributed by atoms with E-state index < -0.39 is 7.14 Å². The van der Waals surface area contributed by atoms with Crippen LogP contribution < -0.4 is 15.9 Å². The van der Waals surface area contributed by atoms with Crippen molar-refractivity contribution in [3.05, 3.63) is 139 Å². The predicted molar refractivity (Wildman–Crippen MR) is 151 cm³/mol. The summed E-state index contributed by atoms with van der Waals surface area (Å²) in [7, 11) is -3.05. The van der Waals surface area contributed by atoms with Crippen LogP contribution in [0.15, 0.2) is 133 Å². The van der Waals surface area contributed by atoms with Gasteiger partial charge in [0.1, 0.15) is 0 Å². The molecular formula is C33H25OP. The zero-order valence-corrected chi connectivity index (χ0v) is 20.5. The summed E-state index contributed by atoms with van der Waals surface area (Å²) in [5.41, 5.74) is 3.56. The van der Waals surface area contributed by atoms with Gasteiger partial charge in [-0.3, -0.25) is 0 Å². The highest BCUT2D eigenvalue weighted by Gasteiger charge is 2.30. The van der Waals surface area contributed by atoms with Gasteiger partial charge in [-0.1, -0.05) is 127 Å². The molecule has 6 rings (SSSR count). The highest BCUT2D eigenvalue weighted by Crippen LogP contribution is 2.44. The number of hydrogen-bond donors (Lipinski definition) is 0. The fraction of sp³-hybridized carbons (Fsp3) is 0.0303. The van der Waals surface area contributed by atoms with Gasteiger partial charge in [0.25, 0.3) is 0 Å². The van der Waals surface area contributed by atoms with E-state index in [1.165, 1.54) is 32.7 Å². The van der Waals surface area contributed by atoms with Crippen LogP contribution in [0.4, 0.5) is 0 Å². The Bertz CT molecular complexity index is 1620. The minimum absolute atomic E-state index is 0.848. The van der Waals surface area contributed by atoms with Crippen LogP contribution in [0.2, 0.25) is 0 Å². The smallest absolute Gasteiger partial charge is 0.171 e. The van der Waals surface area contributed by atoms with Crippen LogP contribution in [-0.4, -0.2) is 0 Å². The summed E-state index contributed by atoms with van der Waals surface area (Å²) in [6.07, 6.45) is 0. The molecule has 0 aromatic heterocycles. The second-order valence-corrected chi connectivity index (χ2v) is 11.7. The molecule has 0 aliphatic rings. The van der Waals surface area contributed by atoms with Crippen LogP contribution in [0.3, 0.4) is 0 Å². The van der Waals surface area contributed by atoms with Crippen molar-refractivity contribution in [3.8, 4) is 11.1 Å². The van der Waals surface area contributed by atoms with Crippen LogP contribution in [0.5, 0.6) is 0 Å². The standard InChI is InChI=1S/C33H25OP/c1-24-29-19-8-10-21-31(29)33(32-22-11-9-20-30(24)32)25-13-12-18-28(23-25)35(34,26-14-4-2-5-15-26)27-16-6-3-7-17-27/h2-23H,1H3. The van der Waals surface area contributed by atoms with Crippen LogP contribution in [0.25, 0.3) is 32.7 Å². The summed E-state index contributed by atoms with van der Waals surface area (Å²) in [6, 6.07) is 45.3. The average Bonchev–Trinajstić information content (AvgIpc) is 2.94. The third-order valence-corrected chi connectivity index (χ3v) is 9.99. The zero-order chi connectivity index (χ0) is 23.8. The van der Waals surface area contributed by atoms with E-state index in [4.69, 9.17) is 0 Å². The molecule has 0 fully saturated rings. The lowest BCUT2D eigenvalue weighted by Gasteiger charge is -2.21. The quantitative estimate of drug-likeness (QED) is 0.192. The van der Waals surface area contributed by atoms with Gasteiger partial charge < -0.3 is 4.57 Å². The molecule has 6 aromatic carbocycles. The molecule has 1 nitrogen and oxygen atoms in total. The molecule has 0 heterocycles. The highest BCUT2D eigenvalue weighted by molar-refractivity contribution is 7.85. The van der Waals surface area contributed by atoms with Gasteiger partial charge in [-0.15, -0.1) is 0 Å². The summed E-state index contributed by atoms with van der Waals surface area (Å²) in [6.45, 7) is 2.20. The van der Waals surface area contributed by atoms with Crippen molar-refractivity contribution in [3.63, 3.8) is 0 Å². The number of aryl methyl sites for hydroxylation is 1. The monoisotopic (exact) mass is 468 g/mol. The Morgan fingerprint density at radius 2 is 0.886 bits per heavy atom. The minimum Gasteiger partial charge on any atom is -0.309 e. The Balaban J connectivity index is 1.67. The number of hydrogen-bond acceptors (Lipinski definition) is 1. The molecule has 0 bridgehead atoms. The van der Waals surface area contributed by atoms with Gasteiger partial charge >= 0.3 is 0 Å². The van der Waals surface area contributed by atoms with Gasteiger partial charge in [-0.25, -0.2) is 0 Å². The molecule has 35 heavy (non-hydrogen) atoms. The van der Waals surface area contributed by atoms with E-state index in [1.807, 2.05) is 72.8 Å². The van der Waals surface area contributed by atoms with E-state index in [2.05, 4.69) is 67.6 Å². The first-order valence-corrected chi connectivity index (χ1v) is 13.6. The van der Waals surface area contributed by atoms with Crippen molar-refractivity contribution in [1.82, 2.24) is 0 Å². The topological polar surface area (TPSA) is 17.1 Å². The molecule has 0 N–H and O–H groups in total. The van der Waals surface area contributed by atoms with E-state index in [-0.39, 0.29) is 0 Å². The molecule has 0 spiro atoms. The maximum atomic E-state index is 15.0. The third-order valence-electron chi connectivity index (χ3n) is 6.94. The molecule has 168 valence electrons. The first-order valence-electron chi connectivity index (χ1n) is 11.9. The Morgan fingerprint density at radius 3 is 1.40 bits per heavy atom. The molecule has 0 amide bonds. The predicted octanol–water partition coefficient (Wildman–Crippen LogP) is 7.61. The molecule has 0 aliphatic carbocycles. The highest BCUT2D eigenvalue weighted by atomic mass is 31.2. The molecule has 0 unspecified atom stereocenters. The van der Waals surface area contributed by atoms with Crippen molar-refractivity contribution < 1.29 is 4.57 Å². The van der Waals surface area contributed by atoms with Gasteiger partial charge in [0.2, 0.25) is 0 Å². The lowest BCUT2D eigenvalue weighted by Crippen LogP contribution is -2.25. The summed E-state index contributed by atoms with van der Waals surface area (Å²) in [4.78, 5) is 0. The molecule has 0 saturated heterocycles. The molecule has 6 aromatic rings. The Labute approximate surface area is 206 Å². The molecule has 2 heteroatoms. The van der Waals surface area contributed by atoms with Crippen molar-refractivity contribution in [2.75, 3.05) is 0 Å². The fourth-order valence-electron chi connectivity index (χ4n) is 5.24. The molecule has 0 saturated carbocycles. The van der Waals surface area contributed by atoms with Crippen molar-refractivity contribution in [2.45, 2.75) is 6.92 Å². The first kappa shape index (κ1) is 21.6. The summed E-state index contributed by atoms with van der Waals surface area (Å²) in [5, 5.41) is 7.48. The number of rotatable bonds is 4. The summed E-state index contributed by atoms with van der Waals surface area (Å²) in [5.74, 6) is 0. The van der Waals surface area contributed by atoms with Gasteiger partial charge in [0.05, 0.1) is 0 Å². The Kier molecular flexibility index (Phi) is 5.36. The van der Waals surface area contributed by atoms with Crippen molar-refractivity contribution in [2.24, 2.45) is 0 Å². The Morgan fingerprint density at radius 1 is 0.457 bits per heavy atom.